The lowest BCUT2D eigenvalue weighted by Crippen LogP contribution is -2.16. The highest BCUT2D eigenvalue weighted by Crippen LogP contribution is 2.22. The minimum Gasteiger partial charge on any atom is -0.497 e. The average Bonchev–Trinajstić information content (AvgIpc) is 2.73. The van der Waals surface area contributed by atoms with Crippen molar-refractivity contribution in [2.24, 2.45) is 0 Å². The highest BCUT2D eigenvalue weighted by molar-refractivity contribution is 7.92. The van der Waals surface area contributed by atoms with Crippen molar-refractivity contribution in [2.75, 3.05) is 31.4 Å². The molecule has 0 heterocycles. The molecular formula is C19H20N2O7S. The molecule has 9 nitrogen and oxygen atoms in total. The lowest BCUT2D eigenvalue weighted by atomic mass is 10.3. The number of anilines is 2. The van der Waals surface area contributed by atoms with Crippen molar-refractivity contribution in [1.29, 1.82) is 0 Å². The summed E-state index contributed by atoms with van der Waals surface area (Å²) in [6.07, 6.45) is 0.905. The molecule has 2 aromatic carbocycles. The number of hydrogen-bond acceptors (Lipinski definition) is 8. The summed E-state index contributed by atoms with van der Waals surface area (Å²) in [6, 6.07) is 12.1. The van der Waals surface area contributed by atoms with Crippen molar-refractivity contribution < 1.29 is 32.2 Å². The van der Waals surface area contributed by atoms with Gasteiger partial charge in [-0.2, -0.15) is 0 Å². The van der Waals surface area contributed by atoms with E-state index >= 15 is 0 Å². The van der Waals surface area contributed by atoms with E-state index in [-0.39, 0.29) is 16.3 Å². The molecule has 0 aliphatic rings. The van der Waals surface area contributed by atoms with Crippen LogP contribution in [0.2, 0.25) is 0 Å². The molecule has 0 radical (unpaired) electrons. The van der Waals surface area contributed by atoms with Crippen LogP contribution in [0.15, 0.2) is 65.2 Å². The Kier molecular flexibility index (Phi) is 7.21. The first kappa shape index (κ1) is 21.8. The highest BCUT2D eigenvalue weighted by atomic mass is 32.2. The molecule has 2 aromatic rings. The molecule has 2 rings (SSSR count). The minimum absolute atomic E-state index is 0.0550. The van der Waals surface area contributed by atoms with E-state index in [1.807, 2.05) is 0 Å². The SMILES string of the molecule is COC(=O)/C=C(/Nc1cccc(S(=O)(=O)Nc2ccc(OC)cc2)c1)C(=O)OC. The van der Waals surface area contributed by atoms with Crippen molar-refractivity contribution in [2.45, 2.75) is 4.90 Å². The molecule has 29 heavy (non-hydrogen) atoms. The Hall–Kier alpha value is -3.53. The predicted molar refractivity (Wildman–Crippen MR) is 106 cm³/mol. The van der Waals surface area contributed by atoms with Crippen LogP contribution in [0.5, 0.6) is 5.75 Å². The summed E-state index contributed by atoms with van der Waals surface area (Å²) in [5.41, 5.74) is 0.394. The molecule has 0 amide bonds. The monoisotopic (exact) mass is 420 g/mol. The number of rotatable bonds is 8. The number of carbonyl (C=O) groups is 2. The van der Waals surface area contributed by atoms with Crippen LogP contribution in [0, 0.1) is 0 Å². The van der Waals surface area contributed by atoms with Crippen LogP contribution in [0.3, 0.4) is 0 Å². The summed E-state index contributed by atoms with van der Waals surface area (Å²) in [4.78, 5) is 23.2. The zero-order valence-corrected chi connectivity index (χ0v) is 16.8. The molecule has 0 bridgehead atoms. The number of carbonyl (C=O) groups excluding carboxylic acids is 2. The average molecular weight is 420 g/mol. The van der Waals surface area contributed by atoms with E-state index in [0.717, 1.165) is 20.3 Å². The van der Waals surface area contributed by atoms with Gasteiger partial charge in [0.05, 0.1) is 32.3 Å². The zero-order valence-electron chi connectivity index (χ0n) is 16.0. The number of benzene rings is 2. The first-order valence-electron chi connectivity index (χ1n) is 8.21. The van der Waals surface area contributed by atoms with Gasteiger partial charge in [-0.3, -0.25) is 4.72 Å². The summed E-state index contributed by atoms with van der Waals surface area (Å²) in [5.74, 6) is -1.00. The van der Waals surface area contributed by atoms with Crippen LogP contribution < -0.4 is 14.8 Å². The van der Waals surface area contributed by atoms with Gasteiger partial charge in [-0.05, 0) is 42.5 Å². The number of methoxy groups -OCH3 is 3. The van der Waals surface area contributed by atoms with E-state index in [1.54, 1.807) is 24.3 Å². The number of sulfonamides is 1. The first-order valence-corrected chi connectivity index (χ1v) is 9.69. The fourth-order valence-electron chi connectivity index (χ4n) is 2.20. The summed E-state index contributed by atoms with van der Waals surface area (Å²) in [5, 5.41) is 2.66. The molecule has 10 heteroatoms. The first-order chi connectivity index (χ1) is 13.8. The second kappa shape index (κ2) is 9.60. The van der Waals surface area contributed by atoms with Gasteiger partial charge in [0.1, 0.15) is 11.4 Å². The van der Waals surface area contributed by atoms with Gasteiger partial charge in [-0.15, -0.1) is 0 Å². The summed E-state index contributed by atoms with van der Waals surface area (Å²) in [7, 11) is -0.0879. The lowest BCUT2D eigenvalue weighted by molar-refractivity contribution is -0.138. The summed E-state index contributed by atoms with van der Waals surface area (Å²) in [6.45, 7) is 0. The third-order valence-corrected chi connectivity index (χ3v) is 5.01. The fraction of sp³-hybridized carbons (Fsp3) is 0.158. The smallest absolute Gasteiger partial charge is 0.354 e. The van der Waals surface area contributed by atoms with Crippen molar-refractivity contribution in [3.05, 3.63) is 60.3 Å². The largest absolute Gasteiger partial charge is 0.497 e. The molecule has 0 saturated carbocycles. The van der Waals surface area contributed by atoms with Gasteiger partial charge in [-0.25, -0.2) is 18.0 Å². The van der Waals surface area contributed by atoms with Crippen molar-refractivity contribution >= 4 is 33.3 Å². The van der Waals surface area contributed by atoms with E-state index in [0.29, 0.717) is 11.4 Å². The molecule has 0 fully saturated rings. The van der Waals surface area contributed by atoms with Crippen molar-refractivity contribution in [3.63, 3.8) is 0 Å². The van der Waals surface area contributed by atoms with Crippen molar-refractivity contribution in [1.82, 2.24) is 0 Å². The molecule has 0 spiro atoms. The standard InChI is InChI=1S/C19H20N2O7S/c1-26-15-9-7-13(8-10-15)21-29(24,25)16-6-4-5-14(11-16)20-17(19(23)28-3)12-18(22)27-2/h4-12,20-21H,1-3H3/b17-12+. The number of hydrogen-bond donors (Lipinski definition) is 2. The molecule has 0 unspecified atom stereocenters. The molecule has 2 N–H and O–H groups in total. The maximum absolute atomic E-state index is 12.7. The van der Waals surface area contributed by atoms with E-state index in [1.165, 1.54) is 31.4 Å². The van der Waals surface area contributed by atoms with Gasteiger partial charge < -0.3 is 19.5 Å². The summed E-state index contributed by atoms with van der Waals surface area (Å²) >= 11 is 0. The topological polar surface area (TPSA) is 120 Å². The molecule has 0 aromatic heterocycles. The van der Waals surface area contributed by atoms with Crippen LogP contribution >= 0.6 is 0 Å². The second-order valence-corrected chi connectivity index (χ2v) is 7.24. The molecule has 0 saturated heterocycles. The quantitative estimate of drug-likeness (QED) is 0.492. The predicted octanol–water partition coefficient (Wildman–Crippen LogP) is 2.14. The third kappa shape index (κ3) is 5.98. The Morgan fingerprint density at radius 1 is 0.931 bits per heavy atom. The molecule has 0 aliphatic heterocycles. The Morgan fingerprint density at radius 3 is 2.21 bits per heavy atom. The third-order valence-electron chi connectivity index (χ3n) is 3.63. The van der Waals surface area contributed by atoms with E-state index in [9.17, 15) is 18.0 Å². The van der Waals surface area contributed by atoms with E-state index in [4.69, 9.17) is 4.74 Å². The minimum atomic E-state index is -3.90. The fourth-order valence-corrected chi connectivity index (χ4v) is 3.31. The Bertz CT molecular complexity index is 1020. The van der Waals surface area contributed by atoms with Gasteiger partial charge >= 0.3 is 11.9 Å². The normalized spacial score (nSPS) is 11.3. The van der Waals surface area contributed by atoms with Gasteiger partial charge in [0.25, 0.3) is 10.0 Å². The lowest BCUT2D eigenvalue weighted by Gasteiger charge is -2.12. The van der Waals surface area contributed by atoms with E-state index < -0.39 is 22.0 Å². The molecule has 0 aliphatic carbocycles. The molecule has 154 valence electrons. The number of nitrogens with one attached hydrogen (secondary N) is 2. The van der Waals surface area contributed by atoms with Crippen LogP contribution in [0.4, 0.5) is 11.4 Å². The summed E-state index contributed by atoms with van der Waals surface area (Å²) < 4.78 is 41.9. The maximum Gasteiger partial charge on any atom is 0.354 e. The van der Waals surface area contributed by atoms with Crippen molar-refractivity contribution in [3.8, 4) is 5.75 Å². The Balaban J connectivity index is 2.27. The Labute approximate surface area is 168 Å². The highest BCUT2D eigenvalue weighted by Gasteiger charge is 2.17. The number of ether oxygens (including phenoxy) is 3. The van der Waals surface area contributed by atoms with Gasteiger partial charge in [0.2, 0.25) is 0 Å². The van der Waals surface area contributed by atoms with Crippen LogP contribution in [0.1, 0.15) is 0 Å². The van der Waals surface area contributed by atoms with Crippen LogP contribution in [0.25, 0.3) is 0 Å². The molecular weight excluding hydrogens is 400 g/mol. The van der Waals surface area contributed by atoms with Gasteiger partial charge in [0.15, 0.2) is 0 Å². The van der Waals surface area contributed by atoms with Gasteiger partial charge in [-0.1, -0.05) is 6.07 Å². The number of esters is 2. The zero-order chi connectivity index (χ0) is 21.4. The van der Waals surface area contributed by atoms with Crippen LogP contribution in [-0.4, -0.2) is 41.7 Å². The second-order valence-electron chi connectivity index (χ2n) is 5.56. The van der Waals surface area contributed by atoms with Gasteiger partial charge in [0, 0.05) is 11.4 Å². The maximum atomic E-state index is 12.7. The molecule has 0 atom stereocenters. The van der Waals surface area contributed by atoms with E-state index in [2.05, 4.69) is 19.5 Å². The Morgan fingerprint density at radius 2 is 1.62 bits per heavy atom. The van der Waals surface area contributed by atoms with Crippen LogP contribution in [-0.2, 0) is 29.1 Å².